The second-order valence-corrected chi connectivity index (χ2v) is 7.89. The van der Waals surface area contributed by atoms with E-state index in [0.717, 1.165) is 47.5 Å². The molecule has 0 unspecified atom stereocenters. The van der Waals surface area contributed by atoms with Crippen molar-refractivity contribution in [2.75, 3.05) is 13.1 Å². The fourth-order valence-corrected chi connectivity index (χ4v) is 4.76. The fraction of sp³-hybridized carbons (Fsp3) is 0.524. The normalized spacial score (nSPS) is 25.3. The SMILES string of the molecule is O=C1C(=O)N(Cc2ccccc2)C(=O)N1CC(=O)N1CCC[C@@H]2CCCC[C@H]21. The molecule has 2 heterocycles. The minimum atomic E-state index is -0.911. The van der Waals surface area contributed by atoms with E-state index < -0.39 is 17.8 Å². The van der Waals surface area contributed by atoms with Crippen molar-refractivity contribution in [3.63, 3.8) is 0 Å². The van der Waals surface area contributed by atoms with Crippen molar-refractivity contribution in [2.24, 2.45) is 5.92 Å². The van der Waals surface area contributed by atoms with Gasteiger partial charge in [-0.3, -0.25) is 19.3 Å². The number of rotatable bonds is 4. The molecule has 1 aromatic rings. The number of benzene rings is 1. The predicted molar refractivity (Wildman–Crippen MR) is 101 cm³/mol. The first-order chi connectivity index (χ1) is 13.6. The average molecular weight is 383 g/mol. The van der Waals surface area contributed by atoms with Crippen LogP contribution in [0.5, 0.6) is 0 Å². The number of hydrogen-bond acceptors (Lipinski definition) is 4. The smallest absolute Gasteiger partial charge is 0.335 e. The lowest BCUT2D eigenvalue weighted by molar-refractivity contribution is -0.146. The number of amides is 5. The zero-order valence-electron chi connectivity index (χ0n) is 15.9. The van der Waals surface area contributed by atoms with Gasteiger partial charge in [-0.15, -0.1) is 0 Å². The number of carbonyl (C=O) groups excluding carboxylic acids is 4. The molecule has 7 nitrogen and oxygen atoms in total. The molecule has 7 heteroatoms. The largest absolute Gasteiger partial charge is 0.338 e. The van der Waals surface area contributed by atoms with Crippen molar-refractivity contribution in [3.8, 4) is 0 Å². The number of imide groups is 2. The molecule has 0 aromatic heterocycles. The van der Waals surface area contributed by atoms with Crippen LogP contribution >= 0.6 is 0 Å². The summed E-state index contributed by atoms with van der Waals surface area (Å²) in [6, 6.07) is 8.53. The Bertz CT molecular complexity index is 792. The second-order valence-electron chi connectivity index (χ2n) is 7.89. The zero-order valence-corrected chi connectivity index (χ0v) is 15.9. The van der Waals surface area contributed by atoms with E-state index in [4.69, 9.17) is 0 Å². The summed E-state index contributed by atoms with van der Waals surface area (Å²) in [6.07, 6.45) is 6.52. The minimum absolute atomic E-state index is 0.0311. The Morgan fingerprint density at radius 1 is 0.893 bits per heavy atom. The van der Waals surface area contributed by atoms with Gasteiger partial charge in [-0.1, -0.05) is 43.2 Å². The van der Waals surface area contributed by atoms with Gasteiger partial charge in [0.05, 0.1) is 6.54 Å². The minimum Gasteiger partial charge on any atom is -0.338 e. The summed E-state index contributed by atoms with van der Waals surface area (Å²) >= 11 is 0. The van der Waals surface area contributed by atoms with Crippen molar-refractivity contribution in [1.29, 1.82) is 0 Å². The maximum atomic E-state index is 12.9. The van der Waals surface area contributed by atoms with Crippen molar-refractivity contribution < 1.29 is 19.2 Å². The molecule has 2 atom stereocenters. The van der Waals surface area contributed by atoms with E-state index >= 15 is 0 Å². The van der Waals surface area contributed by atoms with E-state index in [2.05, 4.69) is 0 Å². The number of hydrogen-bond donors (Lipinski definition) is 0. The van der Waals surface area contributed by atoms with Gasteiger partial charge >= 0.3 is 17.8 Å². The fourth-order valence-electron chi connectivity index (χ4n) is 4.76. The van der Waals surface area contributed by atoms with Crippen molar-refractivity contribution in [1.82, 2.24) is 14.7 Å². The molecule has 28 heavy (non-hydrogen) atoms. The molecular formula is C21H25N3O4. The number of fused-ring (bicyclic) bond motifs is 1. The summed E-state index contributed by atoms with van der Waals surface area (Å²) in [4.78, 5) is 53.8. The number of piperidine rings is 1. The summed E-state index contributed by atoms with van der Waals surface area (Å²) in [7, 11) is 0. The van der Waals surface area contributed by atoms with Gasteiger partial charge in [0.15, 0.2) is 0 Å². The molecule has 2 saturated heterocycles. The molecule has 1 saturated carbocycles. The molecule has 0 N–H and O–H groups in total. The van der Waals surface area contributed by atoms with Crippen molar-refractivity contribution >= 4 is 23.8 Å². The van der Waals surface area contributed by atoms with Crippen LogP contribution in [0.1, 0.15) is 44.1 Å². The van der Waals surface area contributed by atoms with Gasteiger partial charge in [0, 0.05) is 12.6 Å². The maximum absolute atomic E-state index is 12.9. The molecule has 4 rings (SSSR count). The lowest BCUT2D eigenvalue weighted by Gasteiger charge is -2.44. The molecule has 2 aliphatic heterocycles. The van der Waals surface area contributed by atoms with Crippen LogP contribution in [0.25, 0.3) is 0 Å². The van der Waals surface area contributed by atoms with E-state index in [9.17, 15) is 19.2 Å². The van der Waals surface area contributed by atoms with Crippen LogP contribution in [0.3, 0.4) is 0 Å². The summed E-state index contributed by atoms with van der Waals surface area (Å²) in [5.74, 6) is -1.48. The number of urea groups is 1. The summed E-state index contributed by atoms with van der Waals surface area (Å²) in [6.45, 7) is 0.346. The summed E-state index contributed by atoms with van der Waals surface area (Å²) in [5.41, 5.74) is 0.756. The first-order valence-electron chi connectivity index (χ1n) is 10.1. The van der Waals surface area contributed by atoms with Crippen LogP contribution < -0.4 is 0 Å². The average Bonchev–Trinajstić information content (AvgIpc) is 2.92. The van der Waals surface area contributed by atoms with Crippen molar-refractivity contribution in [3.05, 3.63) is 35.9 Å². The molecule has 1 aliphatic carbocycles. The summed E-state index contributed by atoms with van der Waals surface area (Å²) in [5, 5.41) is 0. The van der Waals surface area contributed by atoms with Crippen LogP contribution in [0.2, 0.25) is 0 Å². The van der Waals surface area contributed by atoms with Crippen LogP contribution in [-0.4, -0.2) is 57.6 Å². The van der Waals surface area contributed by atoms with E-state index in [1.165, 1.54) is 6.42 Å². The van der Waals surface area contributed by atoms with Gasteiger partial charge in [-0.05, 0) is 37.2 Å². The predicted octanol–water partition coefficient (Wildman–Crippen LogP) is 2.16. The Hall–Kier alpha value is -2.70. The molecule has 3 fully saturated rings. The van der Waals surface area contributed by atoms with Crippen LogP contribution in [-0.2, 0) is 20.9 Å². The van der Waals surface area contributed by atoms with Gasteiger partial charge in [0.25, 0.3) is 0 Å². The third kappa shape index (κ3) is 3.41. The Morgan fingerprint density at radius 3 is 2.36 bits per heavy atom. The quantitative estimate of drug-likeness (QED) is 0.590. The topological polar surface area (TPSA) is 78.0 Å². The first-order valence-corrected chi connectivity index (χ1v) is 10.1. The van der Waals surface area contributed by atoms with E-state index in [1.54, 1.807) is 24.3 Å². The van der Waals surface area contributed by atoms with E-state index in [1.807, 2.05) is 11.0 Å². The molecular weight excluding hydrogens is 358 g/mol. The highest BCUT2D eigenvalue weighted by Gasteiger charge is 2.46. The Morgan fingerprint density at radius 2 is 1.57 bits per heavy atom. The molecule has 0 bridgehead atoms. The molecule has 1 aromatic carbocycles. The highest BCUT2D eigenvalue weighted by atomic mass is 16.2. The number of nitrogens with zero attached hydrogens (tertiary/aromatic N) is 3. The van der Waals surface area contributed by atoms with Crippen molar-refractivity contribution in [2.45, 2.75) is 51.1 Å². The second kappa shape index (κ2) is 7.73. The van der Waals surface area contributed by atoms with Gasteiger partial charge in [0.2, 0.25) is 5.91 Å². The lowest BCUT2D eigenvalue weighted by atomic mass is 9.78. The van der Waals surface area contributed by atoms with Crippen LogP contribution in [0, 0.1) is 5.92 Å². The van der Waals surface area contributed by atoms with Gasteiger partial charge in [-0.25, -0.2) is 9.69 Å². The number of carbonyl (C=O) groups is 4. The Balaban J connectivity index is 1.45. The number of likely N-dealkylation sites (tertiary alicyclic amines) is 1. The van der Waals surface area contributed by atoms with Gasteiger partial charge in [0.1, 0.15) is 6.54 Å². The monoisotopic (exact) mass is 383 g/mol. The van der Waals surface area contributed by atoms with Crippen LogP contribution in [0.15, 0.2) is 30.3 Å². The maximum Gasteiger partial charge on any atom is 0.335 e. The Labute approximate surface area is 164 Å². The third-order valence-corrected chi connectivity index (χ3v) is 6.18. The molecule has 148 valence electrons. The molecule has 0 spiro atoms. The molecule has 0 radical (unpaired) electrons. The Kier molecular flexibility index (Phi) is 5.15. The van der Waals surface area contributed by atoms with Gasteiger partial charge in [-0.2, -0.15) is 0 Å². The highest BCUT2D eigenvalue weighted by molar-refractivity contribution is 6.44. The third-order valence-electron chi connectivity index (χ3n) is 6.18. The molecule has 3 aliphatic rings. The van der Waals surface area contributed by atoms with Gasteiger partial charge < -0.3 is 4.90 Å². The molecule has 5 amide bonds. The highest BCUT2D eigenvalue weighted by Crippen LogP contribution is 2.35. The standard InChI is InChI=1S/C21H25N3O4/c25-18(22-12-6-10-16-9-4-5-11-17(16)22)14-24-20(27)19(26)23(21(24)28)13-15-7-2-1-3-8-15/h1-3,7-8,16-17H,4-6,9-14H2/t16-,17+/m0/s1. The van der Waals surface area contributed by atoms with E-state index in [0.29, 0.717) is 12.5 Å². The lowest BCUT2D eigenvalue weighted by Crippen LogP contribution is -2.53. The van der Waals surface area contributed by atoms with Crippen LogP contribution in [0.4, 0.5) is 4.79 Å². The van der Waals surface area contributed by atoms with E-state index in [-0.39, 0.29) is 25.0 Å². The first kappa shape index (κ1) is 18.7. The summed E-state index contributed by atoms with van der Waals surface area (Å²) < 4.78 is 0. The zero-order chi connectivity index (χ0) is 19.7.